The van der Waals surface area contributed by atoms with Gasteiger partial charge in [-0.15, -0.1) is 34.0 Å². The predicted molar refractivity (Wildman–Crippen MR) is 105 cm³/mol. The zero-order valence-electron chi connectivity index (χ0n) is 13.3. The molecular formula is C15H17N4OS4+. The van der Waals surface area contributed by atoms with E-state index in [1.807, 2.05) is 10.8 Å². The fourth-order valence-electron chi connectivity index (χ4n) is 1.96. The molecule has 5 nitrogen and oxygen atoms in total. The van der Waals surface area contributed by atoms with Gasteiger partial charge in [-0.3, -0.25) is 4.79 Å². The maximum absolute atomic E-state index is 12.1. The number of nitrogens with one attached hydrogen (secondary N) is 1. The number of thiazole rings is 3. The fraction of sp³-hybridized carbons (Fsp3) is 0.333. The Morgan fingerprint density at radius 1 is 1.12 bits per heavy atom. The number of hydrogen-bond acceptors (Lipinski definition) is 7. The van der Waals surface area contributed by atoms with Gasteiger partial charge in [0.05, 0.1) is 18.0 Å². The third-order valence-corrected chi connectivity index (χ3v) is 6.55. The molecule has 0 unspecified atom stereocenters. The van der Waals surface area contributed by atoms with Gasteiger partial charge in [0.2, 0.25) is 0 Å². The van der Waals surface area contributed by atoms with Crippen LogP contribution in [0.1, 0.15) is 16.9 Å². The lowest BCUT2D eigenvalue weighted by Gasteiger charge is -2.01. The SMILES string of the molecule is C[S+](C)CCCNC(=O)c1csc(-c2csc(-c3cscn3)n2)n1. The number of hydrogen-bond donors (Lipinski definition) is 1. The van der Waals surface area contributed by atoms with Crippen molar-refractivity contribution in [3.8, 4) is 21.4 Å². The van der Waals surface area contributed by atoms with Crippen molar-refractivity contribution in [3.05, 3.63) is 27.3 Å². The van der Waals surface area contributed by atoms with E-state index in [-0.39, 0.29) is 5.91 Å². The monoisotopic (exact) mass is 397 g/mol. The summed E-state index contributed by atoms with van der Waals surface area (Å²) in [5, 5.41) is 10.3. The second-order valence-corrected chi connectivity index (χ2v) is 10.1. The molecule has 0 radical (unpaired) electrons. The van der Waals surface area contributed by atoms with E-state index in [4.69, 9.17) is 0 Å². The minimum atomic E-state index is -0.112. The fourth-order valence-corrected chi connectivity index (χ4v) is 4.89. The molecule has 1 amide bonds. The molecular weight excluding hydrogens is 380 g/mol. The summed E-state index contributed by atoms with van der Waals surface area (Å²) in [6.45, 7) is 0.696. The molecule has 0 fully saturated rings. The number of nitrogens with zero attached hydrogens (tertiary/aromatic N) is 3. The number of aromatic nitrogens is 3. The van der Waals surface area contributed by atoms with Crippen LogP contribution in [0.2, 0.25) is 0 Å². The molecule has 9 heteroatoms. The van der Waals surface area contributed by atoms with E-state index < -0.39 is 0 Å². The normalized spacial score (nSPS) is 11.1. The Morgan fingerprint density at radius 3 is 2.67 bits per heavy atom. The van der Waals surface area contributed by atoms with Crippen molar-refractivity contribution in [1.82, 2.24) is 20.3 Å². The summed E-state index contributed by atoms with van der Waals surface area (Å²) < 4.78 is 0. The van der Waals surface area contributed by atoms with Crippen LogP contribution in [0, 0.1) is 0 Å². The van der Waals surface area contributed by atoms with Crippen molar-refractivity contribution in [2.24, 2.45) is 0 Å². The van der Waals surface area contributed by atoms with Gasteiger partial charge in [-0.05, 0) is 10.9 Å². The van der Waals surface area contributed by atoms with Gasteiger partial charge >= 0.3 is 0 Å². The highest BCUT2D eigenvalue weighted by Crippen LogP contribution is 2.30. The van der Waals surface area contributed by atoms with Crippen LogP contribution in [-0.2, 0) is 10.9 Å². The van der Waals surface area contributed by atoms with Crippen LogP contribution in [0.4, 0.5) is 0 Å². The molecule has 0 spiro atoms. The van der Waals surface area contributed by atoms with E-state index in [1.54, 1.807) is 22.2 Å². The second-order valence-electron chi connectivity index (χ2n) is 5.25. The number of amides is 1. The van der Waals surface area contributed by atoms with E-state index in [2.05, 4.69) is 32.8 Å². The van der Waals surface area contributed by atoms with Gasteiger partial charge in [0.1, 0.15) is 32.8 Å². The average Bonchev–Trinajstić information content (AvgIpc) is 3.31. The summed E-state index contributed by atoms with van der Waals surface area (Å²) in [6, 6.07) is 0. The highest BCUT2D eigenvalue weighted by molar-refractivity contribution is 7.95. The minimum absolute atomic E-state index is 0.112. The molecule has 0 saturated carbocycles. The molecule has 3 aromatic rings. The Labute approximate surface area is 155 Å². The lowest BCUT2D eigenvalue weighted by Crippen LogP contribution is -2.26. The first-order valence-corrected chi connectivity index (χ1v) is 12.2. The second kappa shape index (κ2) is 8.19. The molecule has 3 rings (SSSR count). The minimum Gasteiger partial charge on any atom is -0.350 e. The zero-order valence-corrected chi connectivity index (χ0v) is 16.6. The van der Waals surface area contributed by atoms with Gasteiger partial charge in [0.25, 0.3) is 5.91 Å². The van der Waals surface area contributed by atoms with Gasteiger partial charge in [-0.2, -0.15) is 0 Å². The molecule has 0 aromatic carbocycles. The lowest BCUT2D eigenvalue weighted by molar-refractivity contribution is 0.0949. The quantitative estimate of drug-likeness (QED) is 0.490. The first-order valence-electron chi connectivity index (χ1n) is 7.26. The van der Waals surface area contributed by atoms with Crippen LogP contribution < -0.4 is 5.32 Å². The van der Waals surface area contributed by atoms with Crippen molar-refractivity contribution in [1.29, 1.82) is 0 Å². The topological polar surface area (TPSA) is 67.8 Å². The summed E-state index contributed by atoms with van der Waals surface area (Å²) in [4.78, 5) is 25.4. The van der Waals surface area contributed by atoms with E-state index in [0.29, 0.717) is 23.1 Å². The Morgan fingerprint density at radius 2 is 1.92 bits per heavy atom. The molecule has 126 valence electrons. The summed E-state index contributed by atoms with van der Waals surface area (Å²) in [6.07, 6.45) is 5.42. The zero-order chi connectivity index (χ0) is 16.9. The molecule has 0 saturated heterocycles. The predicted octanol–water partition coefficient (Wildman–Crippen LogP) is 3.39. The summed E-state index contributed by atoms with van der Waals surface area (Å²) in [5.41, 5.74) is 3.94. The molecule has 0 aliphatic heterocycles. The van der Waals surface area contributed by atoms with Gasteiger partial charge < -0.3 is 5.32 Å². The van der Waals surface area contributed by atoms with Crippen molar-refractivity contribution in [3.63, 3.8) is 0 Å². The van der Waals surface area contributed by atoms with Gasteiger partial charge in [-0.1, -0.05) is 0 Å². The summed E-state index contributed by atoms with van der Waals surface area (Å²) in [5.74, 6) is 1.03. The number of carbonyl (C=O) groups excluding carboxylic acids is 1. The molecule has 24 heavy (non-hydrogen) atoms. The maximum atomic E-state index is 12.1. The van der Waals surface area contributed by atoms with E-state index in [0.717, 1.165) is 33.6 Å². The third-order valence-electron chi connectivity index (χ3n) is 3.13. The largest absolute Gasteiger partial charge is 0.350 e. The lowest BCUT2D eigenvalue weighted by atomic mass is 10.4. The van der Waals surface area contributed by atoms with Crippen LogP contribution >= 0.6 is 34.0 Å². The van der Waals surface area contributed by atoms with Crippen LogP contribution in [0.15, 0.2) is 21.7 Å². The van der Waals surface area contributed by atoms with Crippen molar-refractivity contribution >= 4 is 50.8 Å². The van der Waals surface area contributed by atoms with E-state index in [1.165, 1.54) is 22.7 Å². The molecule has 3 heterocycles. The summed E-state index contributed by atoms with van der Waals surface area (Å²) in [7, 11) is 0.418. The van der Waals surface area contributed by atoms with Crippen molar-refractivity contribution in [2.45, 2.75) is 6.42 Å². The highest BCUT2D eigenvalue weighted by atomic mass is 32.2. The van der Waals surface area contributed by atoms with Gasteiger partial charge in [-0.25, -0.2) is 15.0 Å². The van der Waals surface area contributed by atoms with Crippen molar-refractivity contribution in [2.75, 3.05) is 24.8 Å². The molecule has 0 aliphatic carbocycles. The third kappa shape index (κ3) is 4.41. The Bertz CT molecular complexity index is 794. The molecule has 1 N–H and O–H groups in total. The Hall–Kier alpha value is -1.29. The van der Waals surface area contributed by atoms with Crippen LogP contribution in [0.5, 0.6) is 0 Å². The Kier molecular flexibility index (Phi) is 5.99. The highest BCUT2D eigenvalue weighted by Gasteiger charge is 2.15. The molecule has 0 bridgehead atoms. The van der Waals surface area contributed by atoms with Crippen LogP contribution in [0.3, 0.4) is 0 Å². The average molecular weight is 398 g/mol. The number of rotatable bonds is 7. The molecule has 0 aliphatic rings. The summed E-state index contributed by atoms with van der Waals surface area (Å²) >= 11 is 4.53. The van der Waals surface area contributed by atoms with E-state index >= 15 is 0 Å². The Balaban J connectivity index is 1.62. The van der Waals surface area contributed by atoms with Crippen molar-refractivity contribution < 1.29 is 4.79 Å². The van der Waals surface area contributed by atoms with Gasteiger partial charge in [0, 0.05) is 29.1 Å². The first kappa shape index (κ1) is 17.5. The maximum Gasteiger partial charge on any atom is 0.270 e. The standard InChI is InChI=1S/C15H16N4OS4/c1-24(2)5-3-4-16-13(20)10-7-22-15(18-10)12-8-23-14(19-12)11-6-21-9-17-11/h6-9H,3-5H2,1-2H3/p+1. The molecule has 3 aromatic heterocycles. The molecule has 0 atom stereocenters. The van der Waals surface area contributed by atoms with Crippen LogP contribution in [0.25, 0.3) is 21.4 Å². The van der Waals surface area contributed by atoms with E-state index in [9.17, 15) is 4.79 Å². The number of carbonyl (C=O) groups is 1. The van der Waals surface area contributed by atoms with Gasteiger partial charge in [0.15, 0.2) is 0 Å². The van der Waals surface area contributed by atoms with Crippen LogP contribution in [-0.4, -0.2) is 45.7 Å². The first-order chi connectivity index (χ1) is 11.6. The smallest absolute Gasteiger partial charge is 0.270 e.